The van der Waals surface area contributed by atoms with E-state index in [2.05, 4.69) is 28.6 Å². The summed E-state index contributed by atoms with van der Waals surface area (Å²) in [5.74, 6) is -4.97. The number of hydrogen-bond acceptors (Lipinski definition) is 8. The number of hydrogen-bond donors (Lipinski definition) is 8. The van der Waals surface area contributed by atoms with Crippen molar-refractivity contribution in [1.29, 1.82) is 0 Å². The molecule has 13 heteroatoms. The zero-order chi connectivity index (χ0) is 24.8. The van der Waals surface area contributed by atoms with Crippen molar-refractivity contribution in [1.82, 2.24) is 16.0 Å². The number of carboxylic acids is 2. The second-order valence-corrected chi connectivity index (χ2v) is 8.06. The van der Waals surface area contributed by atoms with Gasteiger partial charge < -0.3 is 37.6 Å². The van der Waals surface area contributed by atoms with Crippen LogP contribution in [0.15, 0.2) is 0 Å². The topological polar surface area (TPSA) is 214 Å². The molecule has 9 N–H and O–H groups in total. The van der Waals surface area contributed by atoms with E-state index < -0.39 is 66.2 Å². The molecular formula is C19H35N5O7S. The summed E-state index contributed by atoms with van der Waals surface area (Å²) in [6, 6.07) is -4.52. The van der Waals surface area contributed by atoms with Gasteiger partial charge in [0.1, 0.15) is 18.1 Å². The number of carbonyl (C=O) groups is 5. The number of aliphatic carboxylic acids is 2. The Bertz CT molecular complexity index is 662. The van der Waals surface area contributed by atoms with Gasteiger partial charge in [0.25, 0.3) is 0 Å². The maximum atomic E-state index is 12.8. The summed E-state index contributed by atoms with van der Waals surface area (Å²) >= 11 is 3.91. The molecule has 32 heavy (non-hydrogen) atoms. The molecule has 0 heterocycles. The molecule has 0 aliphatic rings. The molecule has 0 aliphatic carbocycles. The predicted molar refractivity (Wildman–Crippen MR) is 120 cm³/mol. The average molecular weight is 478 g/mol. The van der Waals surface area contributed by atoms with Gasteiger partial charge in [0.15, 0.2) is 0 Å². The summed E-state index contributed by atoms with van der Waals surface area (Å²) in [4.78, 5) is 59.9. The monoisotopic (exact) mass is 477 g/mol. The van der Waals surface area contributed by atoms with Crippen LogP contribution in [0.3, 0.4) is 0 Å². The van der Waals surface area contributed by atoms with Crippen LogP contribution >= 0.6 is 12.6 Å². The van der Waals surface area contributed by atoms with Gasteiger partial charge in [-0.25, -0.2) is 4.79 Å². The van der Waals surface area contributed by atoms with Gasteiger partial charge in [-0.15, -0.1) is 0 Å². The minimum atomic E-state index is -1.25. The SMILES string of the molecule is CC(C)C(NC(=O)C(CCC(=O)O)NC(=O)C(N)CS)C(=O)NC(CCCCN)C(=O)O. The van der Waals surface area contributed by atoms with E-state index >= 15 is 0 Å². The standard InChI is InChI=1S/C19H35N5O7S/c1-10(2)15(18(29)23-13(19(30)31)5-3-4-8-20)24-17(28)12(6-7-14(25)26)22-16(27)11(21)9-32/h10-13,15,32H,3-9,20-21H2,1-2H3,(H,22,27)(H,23,29)(H,24,28)(H,25,26)(H,30,31). The van der Waals surface area contributed by atoms with Crippen molar-refractivity contribution in [3.63, 3.8) is 0 Å². The van der Waals surface area contributed by atoms with Crippen LogP contribution < -0.4 is 27.4 Å². The number of thiol groups is 1. The molecule has 0 aromatic carbocycles. The zero-order valence-electron chi connectivity index (χ0n) is 18.4. The van der Waals surface area contributed by atoms with Gasteiger partial charge in [0.05, 0.1) is 6.04 Å². The van der Waals surface area contributed by atoms with Crippen LogP contribution in [0, 0.1) is 5.92 Å². The van der Waals surface area contributed by atoms with Crippen LogP contribution in [0.1, 0.15) is 46.0 Å². The van der Waals surface area contributed by atoms with Gasteiger partial charge in [0.2, 0.25) is 17.7 Å². The van der Waals surface area contributed by atoms with E-state index in [0.717, 1.165) is 0 Å². The van der Waals surface area contributed by atoms with Crippen molar-refractivity contribution < 1.29 is 34.2 Å². The molecule has 0 spiro atoms. The first-order valence-corrected chi connectivity index (χ1v) is 11.0. The highest BCUT2D eigenvalue weighted by Crippen LogP contribution is 2.08. The Balaban J connectivity index is 5.36. The fourth-order valence-electron chi connectivity index (χ4n) is 2.70. The third-order valence-electron chi connectivity index (χ3n) is 4.62. The molecule has 184 valence electrons. The van der Waals surface area contributed by atoms with E-state index in [0.29, 0.717) is 19.4 Å². The van der Waals surface area contributed by atoms with E-state index in [-0.39, 0.29) is 18.6 Å². The Kier molecular flexibility index (Phi) is 14.3. The maximum Gasteiger partial charge on any atom is 0.326 e. The van der Waals surface area contributed by atoms with Crippen LogP contribution in [0.4, 0.5) is 0 Å². The molecule has 0 fully saturated rings. The summed E-state index contributed by atoms with van der Waals surface area (Å²) in [5.41, 5.74) is 11.0. The number of carbonyl (C=O) groups excluding carboxylic acids is 3. The largest absolute Gasteiger partial charge is 0.481 e. The molecule has 3 amide bonds. The summed E-state index contributed by atoms with van der Waals surface area (Å²) < 4.78 is 0. The molecule has 0 aliphatic heterocycles. The zero-order valence-corrected chi connectivity index (χ0v) is 19.3. The molecule has 0 saturated heterocycles. The lowest BCUT2D eigenvalue weighted by atomic mass is 10.0. The molecule has 4 atom stereocenters. The first-order chi connectivity index (χ1) is 14.9. The lowest BCUT2D eigenvalue weighted by molar-refractivity contribution is -0.142. The second kappa shape index (κ2) is 15.4. The highest BCUT2D eigenvalue weighted by molar-refractivity contribution is 7.80. The fourth-order valence-corrected chi connectivity index (χ4v) is 2.86. The number of amides is 3. The molecule has 12 nitrogen and oxygen atoms in total. The Labute approximate surface area is 192 Å². The van der Waals surface area contributed by atoms with Crippen molar-refractivity contribution in [3.05, 3.63) is 0 Å². The highest BCUT2D eigenvalue weighted by atomic mass is 32.1. The molecule has 0 bridgehead atoms. The van der Waals surface area contributed by atoms with Gasteiger partial charge >= 0.3 is 11.9 Å². The summed E-state index contributed by atoms with van der Waals surface area (Å²) in [7, 11) is 0. The van der Waals surface area contributed by atoms with E-state index in [1.54, 1.807) is 13.8 Å². The summed E-state index contributed by atoms with van der Waals surface area (Å²) in [6.45, 7) is 3.69. The van der Waals surface area contributed by atoms with E-state index in [1.165, 1.54) is 0 Å². The molecule has 4 unspecified atom stereocenters. The van der Waals surface area contributed by atoms with Crippen molar-refractivity contribution in [3.8, 4) is 0 Å². The van der Waals surface area contributed by atoms with Crippen LogP contribution in [-0.4, -0.2) is 76.3 Å². The third-order valence-corrected chi connectivity index (χ3v) is 5.02. The van der Waals surface area contributed by atoms with Gasteiger partial charge in [-0.1, -0.05) is 13.8 Å². The molecule has 0 rings (SSSR count). The van der Waals surface area contributed by atoms with Gasteiger partial charge in [0, 0.05) is 12.2 Å². The minimum absolute atomic E-state index is 0.0108. The number of nitrogens with two attached hydrogens (primary N) is 2. The Hall–Kier alpha value is -2.38. The number of unbranched alkanes of at least 4 members (excludes halogenated alkanes) is 1. The van der Waals surface area contributed by atoms with E-state index in [4.69, 9.17) is 16.6 Å². The first-order valence-electron chi connectivity index (χ1n) is 10.4. The Morgan fingerprint density at radius 3 is 1.94 bits per heavy atom. The fraction of sp³-hybridized carbons (Fsp3) is 0.737. The Morgan fingerprint density at radius 2 is 1.47 bits per heavy atom. The van der Waals surface area contributed by atoms with Crippen LogP contribution in [0.25, 0.3) is 0 Å². The van der Waals surface area contributed by atoms with Gasteiger partial charge in [-0.05, 0) is 38.1 Å². The lowest BCUT2D eigenvalue weighted by Gasteiger charge is -2.27. The van der Waals surface area contributed by atoms with Gasteiger partial charge in [-0.3, -0.25) is 19.2 Å². The van der Waals surface area contributed by atoms with Crippen LogP contribution in [0.2, 0.25) is 0 Å². The molecular weight excluding hydrogens is 442 g/mol. The van der Waals surface area contributed by atoms with Crippen LogP contribution in [0.5, 0.6) is 0 Å². The third kappa shape index (κ3) is 11.3. The van der Waals surface area contributed by atoms with Gasteiger partial charge in [-0.2, -0.15) is 12.6 Å². The molecule has 0 aromatic heterocycles. The smallest absolute Gasteiger partial charge is 0.326 e. The summed E-state index contributed by atoms with van der Waals surface area (Å²) in [5, 5.41) is 25.5. The van der Waals surface area contributed by atoms with Crippen molar-refractivity contribution in [2.45, 2.75) is 70.1 Å². The second-order valence-electron chi connectivity index (χ2n) is 7.70. The molecule has 0 saturated carbocycles. The maximum absolute atomic E-state index is 12.8. The Morgan fingerprint density at radius 1 is 0.875 bits per heavy atom. The lowest BCUT2D eigenvalue weighted by Crippen LogP contribution is -2.58. The van der Waals surface area contributed by atoms with Crippen molar-refractivity contribution >= 4 is 42.3 Å². The molecule has 0 aromatic rings. The first kappa shape index (κ1) is 29.6. The van der Waals surface area contributed by atoms with Crippen molar-refractivity contribution in [2.75, 3.05) is 12.3 Å². The quantitative estimate of drug-likeness (QED) is 0.0950. The minimum Gasteiger partial charge on any atom is -0.481 e. The van der Waals surface area contributed by atoms with Crippen LogP contribution in [-0.2, 0) is 24.0 Å². The number of rotatable bonds is 16. The number of nitrogens with one attached hydrogen (secondary N) is 3. The number of carboxylic acid groups (broad SMARTS) is 2. The predicted octanol–water partition coefficient (Wildman–Crippen LogP) is -1.57. The summed E-state index contributed by atoms with van der Waals surface area (Å²) in [6.07, 6.45) is 0.644. The molecule has 0 radical (unpaired) electrons. The van der Waals surface area contributed by atoms with Crippen molar-refractivity contribution in [2.24, 2.45) is 17.4 Å². The average Bonchev–Trinajstić information content (AvgIpc) is 2.72. The normalized spacial score (nSPS) is 14.7. The van der Waals surface area contributed by atoms with E-state index in [9.17, 15) is 29.1 Å². The highest BCUT2D eigenvalue weighted by Gasteiger charge is 2.31. The van der Waals surface area contributed by atoms with E-state index in [1.807, 2.05) is 0 Å².